The lowest BCUT2D eigenvalue weighted by Gasteiger charge is -2.32. The third-order valence-corrected chi connectivity index (χ3v) is 6.05. The van der Waals surface area contributed by atoms with Crippen LogP contribution in [-0.2, 0) is 10.0 Å². The van der Waals surface area contributed by atoms with Gasteiger partial charge >= 0.3 is 0 Å². The fraction of sp³-hybridized carbons (Fsp3) is 0.500. The fourth-order valence-electron chi connectivity index (χ4n) is 2.55. The van der Waals surface area contributed by atoms with Crippen LogP contribution in [0.5, 0.6) is 0 Å². The van der Waals surface area contributed by atoms with E-state index in [2.05, 4.69) is 0 Å². The van der Waals surface area contributed by atoms with Gasteiger partial charge < -0.3 is 5.11 Å². The van der Waals surface area contributed by atoms with Gasteiger partial charge in [0, 0.05) is 18.1 Å². The van der Waals surface area contributed by atoms with Crippen molar-refractivity contribution in [2.45, 2.75) is 30.8 Å². The van der Waals surface area contributed by atoms with Crippen LogP contribution >= 0.6 is 11.6 Å². The van der Waals surface area contributed by atoms with Crippen molar-refractivity contribution < 1.29 is 13.5 Å². The molecule has 0 saturated carbocycles. The van der Waals surface area contributed by atoms with E-state index in [0.717, 1.165) is 0 Å². The zero-order valence-corrected chi connectivity index (χ0v) is 13.2. The second-order valence-corrected chi connectivity index (χ2v) is 7.58. The molecule has 1 heterocycles. The number of piperidine rings is 1. The summed E-state index contributed by atoms with van der Waals surface area (Å²) < 4.78 is 26.6. The van der Waals surface area contributed by atoms with Crippen molar-refractivity contribution in [3.05, 3.63) is 28.8 Å². The Labute approximate surface area is 129 Å². The van der Waals surface area contributed by atoms with Crippen molar-refractivity contribution in [3.63, 3.8) is 0 Å². The van der Waals surface area contributed by atoms with E-state index >= 15 is 0 Å². The number of hydrogen-bond acceptors (Lipinski definition) is 4. The predicted molar refractivity (Wildman–Crippen MR) is 79.3 cm³/mol. The average Bonchev–Trinajstić information content (AvgIpc) is 2.46. The topological polar surface area (TPSA) is 81.4 Å². The molecule has 0 radical (unpaired) electrons. The van der Waals surface area contributed by atoms with Gasteiger partial charge in [-0.25, -0.2) is 8.42 Å². The molecule has 0 amide bonds. The Bertz CT molecular complexity index is 659. The summed E-state index contributed by atoms with van der Waals surface area (Å²) in [7, 11) is -3.70. The lowest BCUT2D eigenvalue weighted by Crippen LogP contribution is -2.40. The van der Waals surface area contributed by atoms with E-state index in [-0.39, 0.29) is 16.4 Å². The van der Waals surface area contributed by atoms with Crippen LogP contribution in [0.4, 0.5) is 0 Å². The highest BCUT2D eigenvalue weighted by Crippen LogP contribution is 2.28. The smallest absolute Gasteiger partial charge is 0.244 e. The van der Waals surface area contributed by atoms with Gasteiger partial charge in [-0.1, -0.05) is 11.6 Å². The van der Waals surface area contributed by atoms with Crippen molar-refractivity contribution in [2.24, 2.45) is 5.92 Å². The first-order valence-corrected chi connectivity index (χ1v) is 8.56. The Hall–Kier alpha value is -1.13. The molecule has 21 heavy (non-hydrogen) atoms. The summed E-state index contributed by atoms with van der Waals surface area (Å²) in [5.74, 6) is 0.122. The van der Waals surface area contributed by atoms with Gasteiger partial charge in [0.2, 0.25) is 10.0 Å². The largest absolute Gasteiger partial charge is 0.393 e. The van der Waals surface area contributed by atoms with Crippen molar-refractivity contribution in [3.8, 4) is 6.07 Å². The monoisotopic (exact) mass is 328 g/mol. The highest BCUT2D eigenvalue weighted by atomic mass is 35.5. The van der Waals surface area contributed by atoms with E-state index in [0.29, 0.717) is 31.0 Å². The number of nitrogens with zero attached hydrogens (tertiary/aromatic N) is 2. The molecule has 1 aliphatic rings. The van der Waals surface area contributed by atoms with Crippen LogP contribution in [0.2, 0.25) is 5.02 Å². The van der Waals surface area contributed by atoms with Crippen LogP contribution in [0, 0.1) is 17.2 Å². The Morgan fingerprint density at radius 2 is 2.05 bits per heavy atom. The predicted octanol–water partition coefficient (Wildman–Crippen LogP) is 1.99. The number of rotatable bonds is 3. The van der Waals surface area contributed by atoms with E-state index in [1.807, 2.05) is 6.07 Å². The minimum atomic E-state index is -3.70. The standard InChI is InChI=1S/C14H17ClN2O3S/c1-10(18)11-4-6-17(7-5-11)21(19,20)14-3-2-13(15)8-12(14)9-16/h2-3,8,10-11,18H,4-7H2,1H3. The van der Waals surface area contributed by atoms with E-state index in [9.17, 15) is 13.5 Å². The molecule has 114 valence electrons. The van der Waals surface area contributed by atoms with Crippen LogP contribution in [0.1, 0.15) is 25.3 Å². The summed E-state index contributed by atoms with van der Waals surface area (Å²) in [6.45, 7) is 2.43. The SMILES string of the molecule is CC(O)C1CCN(S(=O)(=O)c2ccc(Cl)cc2C#N)CC1. The quantitative estimate of drug-likeness (QED) is 0.920. The van der Waals surface area contributed by atoms with E-state index < -0.39 is 16.1 Å². The van der Waals surface area contributed by atoms with Crippen LogP contribution in [0.25, 0.3) is 0 Å². The Kier molecular flexibility index (Phi) is 4.89. The molecule has 0 aromatic heterocycles. The number of halogens is 1. The van der Waals surface area contributed by atoms with Crippen LogP contribution in [0.3, 0.4) is 0 Å². The van der Waals surface area contributed by atoms with Crippen molar-refractivity contribution in [1.82, 2.24) is 4.31 Å². The van der Waals surface area contributed by atoms with Gasteiger partial charge in [-0.05, 0) is 43.9 Å². The molecule has 1 atom stereocenters. The fourth-order valence-corrected chi connectivity index (χ4v) is 4.32. The molecule has 5 nitrogen and oxygen atoms in total. The molecule has 1 unspecified atom stereocenters. The molecular formula is C14H17ClN2O3S. The molecule has 2 rings (SSSR count). The maximum atomic E-state index is 12.6. The molecule has 1 aliphatic heterocycles. The molecule has 0 bridgehead atoms. The van der Waals surface area contributed by atoms with E-state index in [4.69, 9.17) is 16.9 Å². The van der Waals surface area contributed by atoms with Crippen molar-refractivity contribution in [1.29, 1.82) is 5.26 Å². The van der Waals surface area contributed by atoms with E-state index in [1.54, 1.807) is 6.92 Å². The van der Waals surface area contributed by atoms with Gasteiger partial charge in [0.05, 0.1) is 11.7 Å². The number of aliphatic hydroxyl groups is 1. The van der Waals surface area contributed by atoms with Gasteiger partial charge in [0.1, 0.15) is 11.0 Å². The van der Waals surface area contributed by atoms with Gasteiger partial charge in [-0.3, -0.25) is 0 Å². The summed E-state index contributed by atoms with van der Waals surface area (Å²) in [6.07, 6.45) is 0.804. The van der Waals surface area contributed by atoms with E-state index in [1.165, 1.54) is 22.5 Å². The number of aliphatic hydroxyl groups excluding tert-OH is 1. The third-order valence-electron chi connectivity index (χ3n) is 3.86. The molecule has 7 heteroatoms. The minimum Gasteiger partial charge on any atom is -0.393 e. The zero-order valence-electron chi connectivity index (χ0n) is 11.7. The number of nitriles is 1. The molecule has 0 spiro atoms. The van der Waals surface area contributed by atoms with Crippen LogP contribution in [-0.4, -0.2) is 37.0 Å². The van der Waals surface area contributed by atoms with Gasteiger partial charge in [-0.15, -0.1) is 0 Å². The summed E-state index contributed by atoms with van der Waals surface area (Å²) in [6, 6.07) is 6.08. The molecule has 1 fully saturated rings. The zero-order chi connectivity index (χ0) is 15.6. The molecule has 1 saturated heterocycles. The minimum absolute atomic E-state index is 0.00935. The molecule has 1 aromatic carbocycles. The molecule has 1 aromatic rings. The lowest BCUT2D eigenvalue weighted by atomic mass is 9.93. The first-order chi connectivity index (χ1) is 9.86. The molecule has 0 aliphatic carbocycles. The lowest BCUT2D eigenvalue weighted by molar-refractivity contribution is 0.0912. The highest BCUT2D eigenvalue weighted by Gasteiger charge is 2.32. The second-order valence-electron chi connectivity index (χ2n) is 5.23. The van der Waals surface area contributed by atoms with Gasteiger partial charge in [-0.2, -0.15) is 9.57 Å². The summed E-state index contributed by atoms with van der Waals surface area (Å²) in [4.78, 5) is -0.00935. The van der Waals surface area contributed by atoms with Crippen molar-refractivity contribution in [2.75, 3.05) is 13.1 Å². The average molecular weight is 329 g/mol. The Morgan fingerprint density at radius 1 is 1.43 bits per heavy atom. The number of hydrogen-bond donors (Lipinski definition) is 1. The first-order valence-electron chi connectivity index (χ1n) is 6.74. The highest BCUT2D eigenvalue weighted by molar-refractivity contribution is 7.89. The normalized spacial score (nSPS) is 19.1. The maximum absolute atomic E-state index is 12.6. The Morgan fingerprint density at radius 3 is 2.57 bits per heavy atom. The molecule has 1 N–H and O–H groups in total. The first kappa shape index (κ1) is 16.2. The number of sulfonamides is 1. The van der Waals surface area contributed by atoms with Gasteiger partial charge in [0.15, 0.2) is 0 Å². The van der Waals surface area contributed by atoms with Gasteiger partial charge in [0.25, 0.3) is 0 Å². The van der Waals surface area contributed by atoms with Crippen LogP contribution < -0.4 is 0 Å². The second kappa shape index (κ2) is 6.32. The summed E-state index contributed by atoms with van der Waals surface area (Å²) >= 11 is 5.80. The summed E-state index contributed by atoms with van der Waals surface area (Å²) in [5.41, 5.74) is 0.0557. The molecular weight excluding hydrogens is 312 g/mol. The van der Waals surface area contributed by atoms with Crippen LogP contribution in [0.15, 0.2) is 23.1 Å². The van der Waals surface area contributed by atoms with Crippen molar-refractivity contribution >= 4 is 21.6 Å². The Balaban J connectivity index is 2.26. The maximum Gasteiger partial charge on any atom is 0.244 e. The number of benzene rings is 1. The third kappa shape index (κ3) is 3.38. The summed E-state index contributed by atoms with van der Waals surface area (Å²) in [5, 5.41) is 19.0.